The van der Waals surface area contributed by atoms with Crippen molar-refractivity contribution in [1.82, 2.24) is 0 Å². The van der Waals surface area contributed by atoms with Crippen molar-refractivity contribution in [2.45, 2.75) is 53.6 Å². The molecular weight excluding hydrogens is 456 g/mol. The van der Waals surface area contributed by atoms with Crippen molar-refractivity contribution in [3.8, 4) is 0 Å². The summed E-state index contributed by atoms with van der Waals surface area (Å²) in [5, 5.41) is 5.62. The average Bonchev–Trinajstić information content (AvgIpc) is 3.22. The zero-order valence-electron chi connectivity index (χ0n) is 20.2. The summed E-state index contributed by atoms with van der Waals surface area (Å²) in [6.07, 6.45) is 2.25. The summed E-state index contributed by atoms with van der Waals surface area (Å²) in [6, 6.07) is 22.1. The van der Waals surface area contributed by atoms with E-state index in [1.165, 1.54) is 43.8 Å². The maximum Gasteiger partial charge on any atom is 4.00 e. The van der Waals surface area contributed by atoms with E-state index >= 15 is 0 Å². The first kappa shape index (κ1) is 30.9. The largest absolute Gasteiger partial charge is 4.00 e. The van der Waals surface area contributed by atoms with Crippen LogP contribution in [0, 0.1) is 28.7 Å². The molecule has 0 amide bonds. The Hall–Kier alpha value is -1.24. The Morgan fingerprint density at radius 2 is 1.03 bits per heavy atom. The van der Waals surface area contributed by atoms with Crippen LogP contribution in [-0.4, -0.2) is 9.52 Å². The Morgan fingerprint density at radius 1 is 0.700 bits per heavy atom. The van der Waals surface area contributed by atoms with Crippen molar-refractivity contribution in [3.63, 3.8) is 0 Å². The molecule has 0 nitrogen and oxygen atoms in total. The molecule has 4 rings (SSSR count). The van der Waals surface area contributed by atoms with Gasteiger partial charge in [-0.05, 0) is 12.8 Å². The second-order valence-corrected chi connectivity index (χ2v) is 8.11. The first-order chi connectivity index (χ1) is 13.0. The van der Waals surface area contributed by atoms with E-state index in [9.17, 15) is 0 Å². The molecule has 0 spiro atoms. The molecule has 30 heavy (non-hydrogen) atoms. The SMILES string of the molecule is CCc1cccc2[cH-]c(C)cc12.CCc1cccc2[cH-]c(C)cc12.C[Si]C.[CH3-].[CH3-].[Zr+4]. The Morgan fingerprint density at radius 3 is 1.33 bits per heavy atom. The van der Waals surface area contributed by atoms with Crippen LogP contribution in [0.2, 0.25) is 13.1 Å². The van der Waals surface area contributed by atoms with E-state index in [-0.39, 0.29) is 41.1 Å². The van der Waals surface area contributed by atoms with Crippen molar-refractivity contribution in [2.24, 2.45) is 0 Å². The standard InChI is InChI=1S/2C12H13.C2H6Si.2CH3.Zr/c2*1-3-10-5-4-6-11-7-9(2)8-12(10)11;1-3-2;;;/h2*4-8H,3H2,1-2H3;1-2H3;2*1H3;/q2*-1;;2*-1;+4. The molecule has 0 atom stereocenters. The van der Waals surface area contributed by atoms with Gasteiger partial charge in [-0.3, -0.25) is 0 Å². The predicted octanol–water partition coefficient (Wildman–Crippen LogP) is 8.54. The number of fused-ring (bicyclic) bond motifs is 2. The van der Waals surface area contributed by atoms with Crippen LogP contribution in [0.5, 0.6) is 0 Å². The quantitative estimate of drug-likeness (QED) is 0.194. The van der Waals surface area contributed by atoms with Crippen molar-refractivity contribution in [1.29, 1.82) is 0 Å². The Balaban J connectivity index is 0. The third-order valence-corrected chi connectivity index (χ3v) is 4.73. The van der Waals surface area contributed by atoms with Gasteiger partial charge in [0.1, 0.15) is 0 Å². The van der Waals surface area contributed by atoms with Crippen molar-refractivity contribution in [3.05, 3.63) is 97.8 Å². The number of benzene rings is 2. The predicted molar refractivity (Wildman–Crippen MR) is 138 cm³/mol. The summed E-state index contributed by atoms with van der Waals surface area (Å²) in [7, 11) is 1.08. The van der Waals surface area contributed by atoms with Crippen molar-refractivity contribution < 1.29 is 26.2 Å². The molecule has 0 aliphatic heterocycles. The molecule has 4 aromatic carbocycles. The van der Waals surface area contributed by atoms with Gasteiger partial charge in [0.05, 0.1) is 0 Å². The molecule has 0 aliphatic rings. The van der Waals surface area contributed by atoms with Gasteiger partial charge in [-0.15, -0.1) is 69.1 Å². The molecule has 0 aromatic heterocycles. The smallest absolute Gasteiger partial charge is 0.358 e. The van der Waals surface area contributed by atoms with E-state index in [2.05, 4.69) is 101 Å². The molecule has 2 heteroatoms. The van der Waals surface area contributed by atoms with Crippen LogP contribution in [0.4, 0.5) is 0 Å². The van der Waals surface area contributed by atoms with Gasteiger partial charge in [0.2, 0.25) is 0 Å². The molecule has 0 fully saturated rings. The van der Waals surface area contributed by atoms with Gasteiger partial charge < -0.3 is 14.9 Å². The first-order valence-electron chi connectivity index (χ1n) is 9.92. The van der Waals surface area contributed by atoms with Gasteiger partial charge in [-0.25, -0.2) is 0 Å². The van der Waals surface area contributed by atoms with Gasteiger partial charge in [0, 0.05) is 9.52 Å². The Labute approximate surface area is 207 Å². The molecule has 0 saturated carbocycles. The van der Waals surface area contributed by atoms with E-state index in [4.69, 9.17) is 0 Å². The van der Waals surface area contributed by atoms with Gasteiger partial charge in [0.15, 0.2) is 0 Å². The summed E-state index contributed by atoms with van der Waals surface area (Å²) in [6.45, 7) is 13.0. The number of rotatable bonds is 2. The fourth-order valence-electron chi connectivity index (χ4n) is 3.52. The Kier molecular flexibility index (Phi) is 16.0. The molecule has 0 saturated heterocycles. The molecular formula is C28H38SiZr. The topological polar surface area (TPSA) is 0 Å². The van der Waals surface area contributed by atoms with Crippen LogP contribution < -0.4 is 0 Å². The molecule has 2 radical (unpaired) electrons. The number of hydrogen-bond donors (Lipinski definition) is 0. The fourth-order valence-corrected chi connectivity index (χ4v) is 3.52. The summed E-state index contributed by atoms with van der Waals surface area (Å²) in [4.78, 5) is 0. The van der Waals surface area contributed by atoms with E-state index < -0.39 is 0 Å². The van der Waals surface area contributed by atoms with Gasteiger partial charge in [-0.2, -0.15) is 12.1 Å². The number of aryl methyl sites for hydroxylation is 4. The van der Waals surface area contributed by atoms with E-state index in [1.807, 2.05) is 0 Å². The Bertz CT molecular complexity index is 895. The summed E-state index contributed by atoms with van der Waals surface area (Å²) < 4.78 is 0. The van der Waals surface area contributed by atoms with Gasteiger partial charge >= 0.3 is 26.2 Å². The molecule has 0 aliphatic carbocycles. The third kappa shape index (κ3) is 8.12. The molecule has 0 bridgehead atoms. The zero-order chi connectivity index (χ0) is 19.8. The van der Waals surface area contributed by atoms with Crippen LogP contribution in [0.15, 0.2) is 60.7 Å². The zero-order valence-corrected chi connectivity index (χ0v) is 23.6. The molecule has 0 N–H and O–H groups in total. The fraction of sp³-hybridized carbons (Fsp3) is 0.286. The minimum atomic E-state index is 0. The van der Waals surface area contributed by atoms with E-state index in [1.54, 1.807) is 0 Å². The summed E-state index contributed by atoms with van der Waals surface area (Å²) in [5.74, 6) is 0. The van der Waals surface area contributed by atoms with Gasteiger partial charge in [0.25, 0.3) is 0 Å². The average molecular weight is 494 g/mol. The van der Waals surface area contributed by atoms with Crippen LogP contribution in [0.1, 0.15) is 36.1 Å². The molecule has 4 aromatic rings. The van der Waals surface area contributed by atoms with Crippen molar-refractivity contribution >= 4 is 31.1 Å². The molecule has 158 valence electrons. The second-order valence-electron chi connectivity index (χ2n) is 7.11. The van der Waals surface area contributed by atoms with E-state index in [0.717, 1.165) is 22.4 Å². The second kappa shape index (κ2) is 15.5. The molecule has 0 heterocycles. The van der Waals surface area contributed by atoms with Crippen LogP contribution in [0.25, 0.3) is 21.5 Å². The maximum absolute atomic E-state index is 2.27. The normalized spacial score (nSPS) is 9.27. The number of hydrogen-bond acceptors (Lipinski definition) is 0. The maximum atomic E-state index is 2.27. The van der Waals surface area contributed by atoms with Crippen LogP contribution in [0.3, 0.4) is 0 Å². The van der Waals surface area contributed by atoms with Crippen molar-refractivity contribution in [2.75, 3.05) is 0 Å². The van der Waals surface area contributed by atoms with Crippen LogP contribution >= 0.6 is 0 Å². The first-order valence-corrected chi connectivity index (χ1v) is 11.9. The van der Waals surface area contributed by atoms with Gasteiger partial charge in [-0.1, -0.05) is 64.0 Å². The summed E-state index contributed by atoms with van der Waals surface area (Å²) in [5.41, 5.74) is 5.65. The van der Waals surface area contributed by atoms with E-state index in [0.29, 0.717) is 0 Å². The minimum Gasteiger partial charge on any atom is -0.358 e. The van der Waals surface area contributed by atoms with Crippen LogP contribution in [-0.2, 0) is 39.0 Å². The molecule has 0 unspecified atom stereocenters. The third-order valence-electron chi connectivity index (χ3n) is 4.73. The summed E-state index contributed by atoms with van der Waals surface area (Å²) >= 11 is 0. The monoisotopic (exact) mass is 492 g/mol. The minimum absolute atomic E-state index is 0.